The Labute approximate surface area is 153 Å². The van der Waals surface area contributed by atoms with Crippen molar-refractivity contribution in [2.24, 2.45) is 0 Å². The quantitative estimate of drug-likeness (QED) is 0.489. The number of imidazole rings is 1. The summed E-state index contributed by atoms with van der Waals surface area (Å²) in [5.41, 5.74) is 3.88. The van der Waals surface area contributed by atoms with Crippen LogP contribution in [0.1, 0.15) is 40.8 Å². The van der Waals surface area contributed by atoms with Gasteiger partial charge in [-0.2, -0.15) is 0 Å². The van der Waals surface area contributed by atoms with Gasteiger partial charge < -0.3 is 4.57 Å². The maximum Gasteiger partial charge on any atom is 0.198 e. The Morgan fingerprint density at radius 3 is 2.70 bits per heavy atom. The van der Waals surface area contributed by atoms with Crippen molar-refractivity contribution in [1.29, 1.82) is 0 Å². The predicted octanol–water partition coefficient (Wildman–Crippen LogP) is 3.69. The molecule has 27 heavy (non-hydrogen) atoms. The van der Waals surface area contributed by atoms with E-state index >= 15 is 0 Å². The summed E-state index contributed by atoms with van der Waals surface area (Å²) in [6.45, 7) is 4.15. The van der Waals surface area contributed by atoms with Gasteiger partial charge in [-0.3, -0.25) is 4.98 Å². The summed E-state index contributed by atoms with van der Waals surface area (Å²) in [7, 11) is 0. The normalized spacial score (nSPS) is 15.0. The molecule has 5 rings (SSSR count). The van der Waals surface area contributed by atoms with Crippen molar-refractivity contribution in [2.45, 2.75) is 32.7 Å². The lowest BCUT2D eigenvalue weighted by molar-refractivity contribution is 0.159. The van der Waals surface area contributed by atoms with E-state index in [1.54, 1.807) is 26.2 Å². The molecule has 0 unspecified atom stereocenters. The third kappa shape index (κ3) is 2.36. The van der Waals surface area contributed by atoms with Crippen LogP contribution in [0.3, 0.4) is 0 Å². The summed E-state index contributed by atoms with van der Waals surface area (Å²) in [6, 6.07) is 7.81. The smallest absolute Gasteiger partial charge is 0.198 e. The van der Waals surface area contributed by atoms with E-state index in [9.17, 15) is 8.78 Å². The first-order valence-electron chi connectivity index (χ1n) is 8.65. The van der Waals surface area contributed by atoms with Crippen molar-refractivity contribution in [2.75, 3.05) is 0 Å². The molecule has 0 radical (unpaired) electrons. The van der Waals surface area contributed by atoms with Crippen LogP contribution >= 0.6 is 0 Å². The van der Waals surface area contributed by atoms with Crippen molar-refractivity contribution in [3.8, 4) is 11.4 Å². The average molecular weight is 366 g/mol. The second-order valence-corrected chi connectivity index (χ2v) is 6.77. The Hall–Kier alpha value is -3.16. The fourth-order valence-electron chi connectivity index (χ4n) is 3.47. The first-order chi connectivity index (χ1) is 13.0. The van der Waals surface area contributed by atoms with Gasteiger partial charge in [0.25, 0.3) is 0 Å². The van der Waals surface area contributed by atoms with Crippen LogP contribution in [0.15, 0.2) is 36.7 Å². The summed E-state index contributed by atoms with van der Waals surface area (Å²) in [4.78, 5) is 12.7. The number of nitrogens with zero attached hydrogens (tertiary/aromatic N) is 6. The van der Waals surface area contributed by atoms with Crippen LogP contribution in [0.2, 0.25) is 0 Å². The Balaban J connectivity index is 1.50. The topological polar surface area (TPSA) is 60.9 Å². The fraction of sp³-hybridized carbons (Fsp3) is 0.263. The van der Waals surface area contributed by atoms with Crippen molar-refractivity contribution in [1.82, 2.24) is 29.1 Å². The molecule has 0 fully saturated rings. The standard InChI is InChI=1S/C19H16F2N6/c1-10-7-22-11(2)18-24-17(25-27(10)18)16(21)15(20)14-9-26-8-12-5-3-4-6-13(12)19(26)23-14/h3-7,9,15-16H,8H2,1-2H3/t15-,16-/m1/s1. The van der Waals surface area contributed by atoms with Crippen LogP contribution in [0.25, 0.3) is 17.0 Å². The maximum atomic E-state index is 14.9. The van der Waals surface area contributed by atoms with Crippen LogP contribution in [0, 0.1) is 13.8 Å². The number of aryl methyl sites for hydroxylation is 2. The minimum atomic E-state index is -2.01. The molecule has 1 aromatic carbocycles. The van der Waals surface area contributed by atoms with Gasteiger partial charge in [-0.25, -0.2) is 23.3 Å². The summed E-state index contributed by atoms with van der Waals surface area (Å²) in [5.74, 6) is 0.463. The second kappa shape index (κ2) is 5.67. The number of alkyl halides is 2. The number of fused-ring (bicyclic) bond motifs is 4. The van der Waals surface area contributed by atoms with E-state index in [4.69, 9.17) is 0 Å². The monoisotopic (exact) mass is 366 g/mol. The third-order valence-electron chi connectivity index (χ3n) is 4.91. The Bertz CT molecular complexity index is 1140. The Kier molecular flexibility index (Phi) is 3.37. The van der Waals surface area contributed by atoms with Gasteiger partial charge in [-0.05, 0) is 19.4 Å². The molecule has 6 nitrogen and oxygen atoms in total. The Morgan fingerprint density at radius 1 is 1.07 bits per heavy atom. The molecule has 136 valence electrons. The van der Waals surface area contributed by atoms with E-state index in [0.717, 1.165) is 11.1 Å². The van der Waals surface area contributed by atoms with Gasteiger partial charge >= 0.3 is 0 Å². The fourth-order valence-corrected chi connectivity index (χ4v) is 3.47. The van der Waals surface area contributed by atoms with E-state index < -0.39 is 12.3 Å². The van der Waals surface area contributed by atoms with E-state index in [1.165, 1.54) is 4.52 Å². The average Bonchev–Trinajstić information content (AvgIpc) is 3.36. The zero-order valence-electron chi connectivity index (χ0n) is 14.8. The van der Waals surface area contributed by atoms with Gasteiger partial charge in [0.15, 0.2) is 23.8 Å². The molecule has 0 aliphatic carbocycles. The number of halogens is 2. The molecule has 3 aromatic heterocycles. The molecule has 1 aliphatic heterocycles. The van der Waals surface area contributed by atoms with E-state index in [2.05, 4.69) is 20.1 Å². The van der Waals surface area contributed by atoms with E-state index in [-0.39, 0.29) is 11.5 Å². The molecule has 2 atom stereocenters. The van der Waals surface area contributed by atoms with Crippen molar-refractivity contribution >= 4 is 5.65 Å². The number of hydrogen-bond donors (Lipinski definition) is 0. The molecule has 0 spiro atoms. The van der Waals surface area contributed by atoms with Crippen LogP contribution in [0.5, 0.6) is 0 Å². The van der Waals surface area contributed by atoms with Gasteiger partial charge in [0.05, 0.1) is 17.1 Å². The zero-order chi connectivity index (χ0) is 18.7. The molecular formula is C19H16F2N6. The SMILES string of the molecule is Cc1ncc(C)n2nc([C@H](F)[C@H](F)c3cn4c(n3)-c3ccccc3C4)nc12. The van der Waals surface area contributed by atoms with Crippen molar-refractivity contribution in [3.05, 3.63) is 65.1 Å². The molecule has 1 aliphatic rings. The van der Waals surface area contributed by atoms with Gasteiger partial charge in [-0.15, -0.1) is 5.10 Å². The van der Waals surface area contributed by atoms with Crippen LogP contribution < -0.4 is 0 Å². The van der Waals surface area contributed by atoms with Gasteiger partial charge in [0.1, 0.15) is 5.82 Å². The highest BCUT2D eigenvalue weighted by Gasteiger charge is 2.32. The largest absolute Gasteiger partial charge is 0.326 e. The van der Waals surface area contributed by atoms with Gasteiger partial charge in [0, 0.05) is 24.5 Å². The molecule has 0 bridgehead atoms. The van der Waals surface area contributed by atoms with E-state index in [1.807, 2.05) is 28.8 Å². The zero-order valence-corrected chi connectivity index (χ0v) is 14.8. The number of rotatable bonds is 3. The number of aromatic nitrogens is 6. The lowest BCUT2D eigenvalue weighted by Crippen LogP contribution is -2.05. The summed E-state index contributed by atoms with van der Waals surface area (Å²) < 4.78 is 33.1. The maximum absolute atomic E-state index is 14.9. The molecule has 0 amide bonds. The Morgan fingerprint density at radius 2 is 1.89 bits per heavy atom. The molecule has 0 saturated carbocycles. The molecular weight excluding hydrogens is 350 g/mol. The minimum Gasteiger partial charge on any atom is -0.326 e. The lowest BCUT2D eigenvalue weighted by atomic mass is 10.1. The van der Waals surface area contributed by atoms with Crippen LogP contribution in [-0.2, 0) is 6.54 Å². The molecule has 0 saturated heterocycles. The number of benzene rings is 1. The van der Waals surface area contributed by atoms with E-state index in [0.29, 0.717) is 29.4 Å². The highest BCUT2D eigenvalue weighted by atomic mass is 19.2. The van der Waals surface area contributed by atoms with Crippen LogP contribution in [-0.4, -0.2) is 29.1 Å². The first-order valence-corrected chi connectivity index (χ1v) is 8.65. The van der Waals surface area contributed by atoms with Gasteiger partial charge in [0.2, 0.25) is 0 Å². The predicted molar refractivity (Wildman–Crippen MR) is 94.7 cm³/mol. The summed E-state index contributed by atoms with van der Waals surface area (Å²) in [6.07, 6.45) is -0.755. The number of hydrogen-bond acceptors (Lipinski definition) is 4. The molecule has 0 N–H and O–H groups in total. The lowest BCUT2D eigenvalue weighted by Gasteiger charge is -2.08. The van der Waals surface area contributed by atoms with Crippen molar-refractivity contribution in [3.63, 3.8) is 0 Å². The molecule has 8 heteroatoms. The highest BCUT2D eigenvalue weighted by Crippen LogP contribution is 2.37. The highest BCUT2D eigenvalue weighted by molar-refractivity contribution is 5.65. The van der Waals surface area contributed by atoms with Crippen LogP contribution in [0.4, 0.5) is 8.78 Å². The molecule has 4 heterocycles. The first kappa shape index (κ1) is 16.0. The minimum absolute atomic E-state index is 0.0532. The van der Waals surface area contributed by atoms with Crippen molar-refractivity contribution < 1.29 is 8.78 Å². The summed E-state index contributed by atoms with van der Waals surface area (Å²) >= 11 is 0. The third-order valence-corrected chi connectivity index (χ3v) is 4.91. The summed E-state index contributed by atoms with van der Waals surface area (Å²) in [5, 5.41) is 4.13. The molecule has 4 aromatic rings. The van der Waals surface area contributed by atoms with Gasteiger partial charge in [-0.1, -0.05) is 24.3 Å². The second-order valence-electron chi connectivity index (χ2n) is 6.77.